The molecule has 2 heterocycles. The summed E-state index contributed by atoms with van der Waals surface area (Å²) < 4.78 is 28.4. The van der Waals surface area contributed by atoms with Crippen LogP contribution in [0.3, 0.4) is 0 Å². The van der Waals surface area contributed by atoms with Crippen LogP contribution < -0.4 is 4.90 Å². The first-order valence-electron chi connectivity index (χ1n) is 6.90. The Morgan fingerprint density at radius 3 is 2.55 bits per heavy atom. The van der Waals surface area contributed by atoms with Gasteiger partial charge >= 0.3 is 0 Å². The van der Waals surface area contributed by atoms with Crippen molar-refractivity contribution in [3.63, 3.8) is 0 Å². The Morgan fingerprint density at radius 2 is 1.95 bits per heavy atom. The molecule has 0 saturated carbocycles. The molecule has 1 unspecified atom stereocenters. The third-order valence-corrected chi connectivity index (χ3v) is 3.69. The monoisotopic (exact) mass is 285 g/mol. The maximum atomic E-state index is 14.5. The number of nitrogens with zero attached hydrogens (tertiary/aromatic N) is 3. The van der Waals surface area contributed by atoms with Crippen LogP contribution in [0.4, 0.5) is 14.5 Å². The van der Waals surface area contributed by atoms with Gasteiger partial charge in [-0.1, -0.05) is 6.92 Å². The fourth-order valence-corrected chi connectivity index (χ4v) is 2.35. The van der Waals surface area contributed by atoms with E-state index in [0.29, 0.717) is 19.5 Å². The van der Waals surface area contributed by atoms with E-state index in [1.165, 1.54) is 0 Å². The smallest absolute Gasteiger partial charge is 0.170 e. The van der Waals surface area contributed by atoms with E-state index >= 15 is 0 Å². The third kappa shape index (κ3) is 3.24. The Kier molecular flexibility index (Phi) is 4.88. The molecule has 1 saturated heterocycles. The average Bonchev–Trinajstić information content (AvgIpc) is 2.44. The van der Waals surface area contributed by atoms with E-state index in [0.717, 1.165) is 19.3 Å². The molecule has 1 aromatic rings. The Hall–Kier alpha value is -1.27. The van der Waals surface area contributed by atoms with E-state index in [-0.39, 0.29) is 23.9 Å². The minimum atomic E-state index is -0.618. The van der Waals surface area contributed by atoms with E-state index in [2.05, 4.69) is 9.88 Å². The molecule has 1 atom stereocenters. The number of likely N-dealkylation sites (N-methyl/N-ethyl adjacent to an activating group) is 1. The van der Waals surface area contributed by atoms with Crippen molar-refractivity contribution < 1.29 is 13.9 Å². The van der Waals surface area contributed by atoms with E-state index in [4.69, 9.17) is 5.11 Å². The second-order valence-corrected chi connectivity index (χ2v) is 5.50. The molecular weight excluding hydrogens is 264 g/mol. The molecule has 0 spiro atoms. The topological polar surface area (TPSA) is 39.6 Å². The lowest BCUT2D eigenvalue weighted by Gasteiger charge is -2.34. The summed E-state index contributed by atoms with van der Waals surface area (Å²) in [6.07, 6.45) is 1.39. The van der Waals surface area contributed by atoms with Crippen LogP contribution >= 0.6 is 0 Å². The van der Waals surface area contributed by atoms with Gasteiger partial charge in [0.25, 0.3) is 0 Å². The van der Waals surface area contributed by atoms with Gasteiger partial charge in [0.1, 0.15) is 5.69 Å². The molecule has 0 amide bonds. The Labute approximate surface area is 118 Å². The van der Waals surface area contributed by atoms with Crippen molar-refractivity contribution in [2.75, 3.05) is 44.7 Å². The molecule has 2 rings (SSSR count). The first-order valence-corrected chi connectivity index (χ1v) is 6.90. The normalized spacial score (nSPS) is 18.4. The lowest BCUT2D eigenvalue weighted by molar-refractivity contribution is 0.235. The second kappa shape index (κ2) is 6.45. The van der Waals surface area contributed by atoms with Crippen molar-refractivity contribution in [3.05, 3.63) is 23.5 Å². The first kappa shape index (κ1) is 15.1. The summed E-state index contributed by atoms with van der Waals surface area (Å²) in [6, 6.07) is 0. The van der Waals surface area contributed by atoms with Gasteiger partial charge < -0.3 is 14.9 Å². The number of hydrogen-bond acceptors (Lipinski definition) is 4. The summed E-state index contributed by atoms with van der Waals surface area (Å²) in [5, 5.41) is 9.05. The third-order valence-electron chi connectivity index (χ3n) is 3.69. The van der Waals surface area contributed by atoms with Crippen LogP contribution in [0.15, 0.2) is 6.20 Å². The summed E-state index contributed by atoms with van der Waals surface area (Å²) in [5.41, 5.74) is 0.245. The van der Waals surface area contributed by atoms with Crippen LogP contribution in [-0.2, 0) is 6.42 Å². The van der Waals surface area contributed by atoms with Gasteiger partial charge in [0.05, 0.1) is 11.9 Å². The zero-order valence-corrected chi connectivity index (χ0v) is 11.9. The minimum absolute atomic E-state index is 0.0215. The summed E-state index contributed by atoms with van der Waals surface area (Å²) >= 11 is 0. The largest absolute Gasteiger partial charge is 0.396 e. The molecule has 0 bridgehead atoms. The maximum absolute atomic E-state index is 14.5. The zero-order valence-electron chi connectivity index (χ0n) is 11.9. The Balaban J connectivity index is 2.25. The quantitative estimate of drug-likeness (QED) is 0.905. The van der Waals surface area contributed by atoms with Crippen LogP contribution in [-0.4, -0.2) is 54.8 Å². The van der Waals surface area contributed by atoms with E-state index < -0.39 is 11.6 Å². The maximum Gasteiger partial charge on any atom is 0.170 e. The number of hydrogen-bond donors (Lipinski definition) is 1. The zero-order chi connectivity index (χ0) is 14.7. The van der Waals surface area contributed by atoms with Gasteiger partial charge in [0, 0.05) is 32.8 Å². The molecule has 0 aromatic carbocycles. The van der Waals surface area contributed by atoms with E-state index in [1.54, 1.807) is 11.8 Å². The highest BCUT2D eigenvalue weighted by molar-refractivity contribution is 5.50. The molecule has 1 aliphatic heterocycles. The van der Waals surface area contributed by atoms with E-state index in [9.17, 15) is 8.78 Å². The predicted octanol–water partition coefficient (Wildman–Crippen LogP) is 1.28. The molecule has 1 aliphatic rings. The molecule has 0 aliphatic carbocycles. The Morgan fingerprint density at radius 1 is 1.30 bits per heavy atom. The van der Waals surface area contributed by atoms with Crippen LogP contribution in [0, 0.1) is 17.6 Å². The number of pyridine rings is 1. The lowest BCUT2D eigenvalue weighted by Crippen LogP contribution is -2.45. The standard InChI is InChI=1S/C14H21F2N3O/c1-10(9-20)7-12-13(16)14(11(15)8-17-12)19-5-3-18(2)4-6-19/h8,10,20H,3-7,9H2,1-2H3. The molecule has 1 N–H and O–H groups in total. The van der Waals surface area contributed by atoms with Crippen molar-refractivity contribution in [2.24, 2.45) is 5.92 Å². The number of rotatable bonds is 4. The van der Waals surface area contributed by atoms with Gasteiger partial charge in [0.2, 0.25) is 0 Å². The highest BCUT2D eigenvalue weighted by Crippen LogP contribution is 2.26. The molecule has 4 nitrogen and oxygen atoms in total. The SMILES string of the molecule is CC(CO)Cc1ncc(F)c(N2CCN(C)CC2)c1F. The van der Waals surface area contributed by atoms with Gasteiger partial charge in [-0.25, -0.2) is 8.78 Å². The van der Waals surface area contributed by atoms with Gasteiger partial charge in [-0.3, -0.25) is 4.98 Å². The van der Waals surface area contributed by atoms with Gasteiger partial charge in [-0.15, -0.1) is 0 Å². The second-order valence-electron chi connectivity index (χ2n) is 5.50. The molecular formula is C14H21F2N3O. The predicted molar refractivity (Wildman–Crippen MR) is 73.8 cm³/mol. The molecule has 20 heavy (non-hydrogen) atoms. The van der Waals surface area contributed by atoms with Crippen molar-refractivity contribution in [2.45, 2.75) is 13.3 Å². The summed E-state index contributed by atoms with van der Waals surface area (Å²) in [4.78, 5) is 7.70. The summed E-state index contributed by atoms with van der Waals surface area (Å²) in [6.45, 7) is 4.53. The highest BCUT2D eigenvalue weighted by Gasteiger charge is 2.24. The van der Waals surface area contributed by atoms with Gasteiger partial charge in [-0.05, 0) is 19.4 Å². The molecule has 112 valence electrons. The number of aliphatic hydroxyl groups is 1. The number of aromatic nitrogens is 1. The Bertz CT molecular complexity index is 462. The van der Waals surface area contributed by atoms with Crippen LogP contribution in [0.2, 0.25) is 0 Å². The van der Waals surface area contributed by atoms with Gasteiger partial charge in [-0.2, -0.15) is 0 Å². The molecule has 1 fully saturated rings. The highest BCUT2D eigenvalue weighted by atomic mass is 19.1. The summed E-state index contributed by atoms with van der Waals surface area (Å²) in [5.74, 6) is -1.30. The van der Waals surface area contributed by atoms with Crippen LogP contribution in [0.5, 0.6) is 0 Å². The molecule has 6 heteroatoms. The van der Waals surface area contributed by atoms with Crippen molar-refractivity contribution in [3.8, 4) is 0 Å². The minimum Gasteiger partial charge on any atom is -0.396 e. The first-order chi connectivity index (χ1) is 9.52. The van der Waals surface area contributed by atoms with Crippen LogP contribution in [0.25, 0.3) is 0 Å². The summed E-state index contributed by atoms with van der Waals surface area (Å²) in [7, 11) is 1.99. The molecule has 1 aromatic heterocycles. The number of anilines is 1. The molecule has 0 radical (unpaired) electrons. The van der Waals surface area contributed by atoms with Crippen molar-refractivity contribution >= 4 is 5.69 Å². The number of halogens is 2. The fraction of sp³-hybridized carbons (Fsp3) is 0.643. The van der Waals surface area contributed by atoms with E-state index in [1.807, 2.05) is 7.05 Å². The van der Waals surface area contributed by atoms with Crippen molar-refractivity contribution in [1.82, 2.24) is 9.88 Å². The van der Waals surface area contributed by atoms with Crippen LogP contribution in [0.1, 0.15) is 12.6 Å². The number of aliphatic hydroxyl groups excluding tert-OH is 1. The lowest BCUT2D eigenvalue weighted by atomic mass is 10.1. The van der Waals surface area contributed by atoms with Gasteiger partial charge in [0.15, 0.2) is 11.6 Å². The number of piperazine rings is 1. The fourth-order valence-electron chi connectivity index (χ4n) is 2.35. The average molecular weight is 285 g/mol. The van der Waals surface area contributed by atoms with Crippen molar-refractivity contribution in [1.29, 1.82) is 0 Å².